The van der Waals surface area contributed by atoms with Gasteiger partial charge in [-0.2, -0.15) is 0 Å². The summed E-state index contributed by atoms with van der Waals surface area (Å²) in [6.07, 6.45) is 2.84. The van der Waals surface area contributed by atoms with Crippen LogP contribution in [0.25, 0.3) is 11.3 Å². The van der Waals surface area contributed by atoms with E-state index >= 15 is 0 Å². The van der Waals surface area contributed by atoms with E-state index in [2.05, 4.69) is 17.2 Å². The molecule has 0 spiro atoms. The van der Waals surface area contributed by atoms with Crippen LogP contribution in [0.5, 0.6) is 5.75 Å². The lowest BCUT2D eigenvalue weighted by atomic mass is 10.1. The number of nitrogens with one attached hydrogen (secondary N) is 1. The van der Waals surface area contributed by atoms with Crippen molar-refractivity contribution in [2.24, 2.45) is 0 Å². The van der Waals surface area contributed by atoms with E-state index in [1.54, 1.807) is 13.3 Å². The van der Waals surface area contributed by atoms with E-state index in [4.69, 9.17) is 9.15 Å². The standard InChI is InChI=1S/C15H20N2O2/c1-4-9-16-11(2)15-17-10-14(19-15)12-7-5-6-8-13(12)18-3/h5-8,10-11,16H,4,9H2,1-3H3. The molecule has 1 heterocycles. The summed E-state index contributed by atoms with van der Waals surface area (Å²) in [4.78, 5) is 4.34. The van der Waals surface area contributed by atoms with E-state index < -0.39 is 0 Å². The summed E-state index contributed by atoms with van der Waals surface area (Å²) >= 11 is 0. The fourth-order valence-corrected chi connectivity index (χ4v) is 1.91. The second-order valence-electron chi connectivity index (χ2n) is 4.44. The maximum atomic E-state index is 5.82. The van der Waals surface area contributed by atoms with Crippen LogP contribution in [0, 0.1) is 0 Å². The van der Waals surface area contributed by atoms with E-state index in [1.807, 2.05) is 31.2 Å². The first-order chi connectivity index (χ1) is 9.26. The number of oxazole rings is 1. The Morgan fingerprint density at radius 2 is 2.16 bits per heavy atom. The smallest absolute Gasteiger partial charge is 0.211 e. The molecule has 1 aromatic heterocycles. The Balaban J connectivity index is 2.20. The Hall–Kier alpha value is -1.81. The highest BCUT2D eigenvalue weighted by Crippen LogP contribution is 2.30. The molecule has 2 aromatic rings. The highest BCUT2D eigenvalue weighted by atomic mass is 16.5. The Morgan fingerprint density at radius 1 is 1.37 bits per heavy atom. The van der Waals surface area contributed by atoms with Crippen LogP contribution >= 0.6 is 0 Å². The minimum Gasteiger partial charge on any atom is -0.496 e. The highest BCUT2D eigenvalue weighted by molar-refractivity contribution is 5.64. The number of hydrogen-bond acceptors (Lipinski definition) is 4. The largest absolute Gasteiger partial charge is 0.496 e. The molecule has 0 radical (unpaired) electrons. The van der Waals surface area contributed by atoms with Gasteiger partial charge < -0.3 is 14.5 Å². The van der Waals surface area contributed by atoms with E-state index in [0.717, 1.165) is 30.0 Å². The van der Waals surface area contributed by atoms with Crippen molar-refractivity contribution >= 4 is 0 Å². The maximum Gasteiger partial charge on any atom is 0.211 e. The van der Waals surface area contributed by atoms with E-state index in [0.29, 0.717) is 5.89 Å². The molecule has 0 aliphatic carbocycles. The summed E-state index contributed by atoms with van der Waals surface area (Å²) in [5.41, 5.74) is 0.923. The van der Waals surface area contributed by atoms with E-state index in [9.17, 15) is 0 Å². The molecule has 4 heteroatoms. The van der Waals surface area contributed by atoms with Crippen LogP contribution in [-0.2, 0) is 0 Å². The molecule has 0 fully saturated rings. The van der Waals surface area contributed by atoms with Crippen molar-refractivity contribution in [1.82, 2.24) is 10.3 Å². The molecule has 1 atom stereocenters. The van der Waals surface area contributed by atoms with Gasteiger partial charge in [0.2, 0.25) is 5.89 Å². The van der Waals surface area contributed by atoms with Crippen LogP contribution in [0.3, 0.4) is 0 Å². The van der Waals surface area contributed by atoms with Gasteiger partial charge in [-0.3, -0.25) is 0 Å². The Kier molecular flexibility index (Phi) is 4.58. The summed E-state index contributed by atoms with van der Waals surface area (Å²) in [7, 11) is 1.65. The lowest BCUT2D eigenvalue weighted by molar-refractivity contribution is 0.407. The molecule has 0 aliphatic rings. The molecular formula is C15H20N2O2. The molecule has 0 bridgehead atoms. The van der Waals surface area contributed by atoms with Crippen molar-refractivity contribution < 1.29 is 9.15 Å². The molecule has 19 heavy (non-hydrogen) atoms. The average Bonchev–Trinajstić information content (AvgIpc) is 2.94. The second kappa shape index (κ2) is 6.38. The number of aromatic nitrogens is 1. The summed E-state index contributed by atoms with van der Waals surface area (Å²) < 4.78 is 11.1. The summed E-state index contributed by atoms with van der Waals surface area (Å²) in [6.45, 7) is 5.14. The molecule has 0 saturated carbocycles. The van der Waals surface area contributed by atoms with Gasteiger partial charge in [0.05, 0.1) is 24.9 Å². The fraction of sp³-hybridized carbons (Fsp3) is 0.400. The number of rotatable bonds is 6. The quantitative estimate of drug-likeness (QED) is 0.864. The van der Waals surface area contributed by atoms with Crippen molar-refractivity contribution in [2.75, 3.05) is 13.7 Å². The van der Waals surface area contributed by atoms with E-state index in [1.165, 1.54) is 0 Å². The van der Waals surface area contributed by atoms with E-state index in [-0.39, 0.29) is 6.04 Å². The predicted molar refractivity (Wildman–Crippen MR) is 75.2 cm³/mol. The molecule has 0 saturated heterocycles. The van der Waals surface area contributed by atoms with Gasteiger partial charge in [-0.1, -0.05) is 19.1 Å². The first kappa shape index (κ1) is 13.6. The van der Waals surface area contributed by atoms with Gasteiger partial charge in [0, 0.05) is 0 Å². The van der Waals surface area contributed by atoms with Crippen LogP contribution in [0.1, 0.15) is 32.2 Å². The van der Waals surface area contributed by atoms with Crippen molar-refractivity contribution in [2.45, 2.75) is 26.3 Å². The average molecular weight is 260 g/mol. The Labute approximate surface area is 113 Å². The van der Waals surface area contributed by atoms with Crippen molar-refractivity contribution in [3.8, 4) is 17.1 Å². The lowest BCUT2D eigenvalue weighted by Gasteiger charge is -2.09. The number of hydrogen-bond donors (Lipinski definition) is 1. The lowest BCUT2D eigenvalue weighted by Crippen LogP contribution is -2.19. The first-order valence-corrected chi connectivity index (χ1v) is 6.58. The zero-order valence-electron chi connectivity index (χ0n) is 11.6. The van der Waals surface area contributed by atoms with Gasteiger partial charge in [0.15, 0.2) is 5.76 Å². The monoisotopic (exact) mass is 260 g/mol. The molecule has 0 amide bonds. The van der Waals surface area contributed by atoms with Gasteiger partial charge in [0.25, 0.3) is 0 Å². The SMILES string of the molecule is CCCNC(C)c1ncc(-c2ccccc2OC)o1. The second-order valence-corrected chi connectivity index (χ2v) is 4.44. The number of nitrogens with zero attached hydrogens (tertiary/aromatic N) is 1. The number of benzene rings is 1. The topological polar surface area (TPSA) is 47.3 Å². The van der Waals surface area contributed by atoms with Gasteiger partial charge in [-0.05, 0) is 32.0 Å². The molecular weight excluding hydrogens is 240 g/mol. The highest BCUT2D eigenvalue weighted by Gasteiger charge is 2.14. The van der Waals surface area contributed by atoms with Crippen molar-refractivity contribution in [3.63, 3.8) is 0 Å². The molecule has 1 N–H and O–H groups in total. The van der Waals surface area contributed by atoms with Crippen molar-refractivity contribution in [3.05, 3.63) is 36.4 Å². The van der Waals surface area contributed by atoms with Crippen LogP contribution in [-0.4, -0.2) is 18.6 Å². The third-order valence-corrected chi connectivity index (χ3v) is 2.97. The maximum absolute atomic E-state index is 5.82. The number of methoxy groups -OCH3 is 1. The van der Waals surface area contributed by atoms with Crippen LogP contribution in [0.4, 0.5) is 0 Å². The first-order valence-electron chi connectivity index (χ1n) is 6.58. The molecule has 102 valence electrons. The van der Waals surface area contributed by atoms with Crippen molar-refractivity contribution in [1.29, 1.82) is 0 Å². The van der Waals surface area contributed by atoms with Crippen LogP contribution in [0.15, 0.2) is 34.9 Å². The number of para-hydroxylation sites is 1. The normalized spacial score (nSPS) is 12.4. The van der Waals surface area contributed by atoms with Crippen LogP contribution in [0.2, 0.25) is 0 Å². The van der Waals surface area contributed by atoms with Crippen LogP contribution < -0.4 is 10.1 Å². The minimum atomic E-state index is 0.114. The summed E-state index contributed by atoms with van der Waals surface area (Å²) in [6, 6.07) is 7.89. The van der Waals surface area contributed by atoms with Gasteiger partial charge >= 0.3 is 0 Å². The Bertz CT molecular complexity index is 522. The summed E-state index contributed by atoms with van der Waals surface area (Å²) in [5, 5.41) is 3.35. The zero-order chi connectivity index (χ0) is 13.7. The summed E-state index contributed by atoms with van der Waals surface area (Å²) in [5.74, 6) is 2.23. The Morgan fingerprint density at radius 3 is 2.89 bits per heavy atom. The minimum absolute atomic E-state index is 0.114. The molecule has 0 aliphatic heterocycles. The number of ether oxygens (including phenoxy) is 1. The van der Waals surface area contributed by atoms with Gasteiger partial charge in [-0.15, -0.1) is 0 Å². The molecule has 1 aromatic carbocycles. The molecule has 4 nitrogen and oxygen atoms in total. The zero-order valence-corrected chi connectivity index (χ0v) is 11.6. The molecule has 2 rings (SSSR count). The third-order valence-electron chi connectivity index (χ3n) is 2.97. The predicted octanol–water partition coefficient (Wildman–Crippen LogP) is 3.41. The van der Waals surface area contributed by atoms with Gasteiger partial charge in [-0.25, -0.2) is 4.98 Å². The fourth-order valence-electron chi connectivity index (χ4n) is 1.91. The third kappa shape index (κ3) is 3.15. The molecule has 1 unspecified atom stereocenters. The van der Waals surface area contributed by atoms with Gasteiger partial charge in [0.1, 0.15) is 5.75 Å².